The van der Waals surface area contributed by atoms with Crippen LogP contribution < -0.4 is 4.90 Å². The number of nitrogens with zero attached hydrogens (tertiary/aromatic N) is 3. The van der Waals surface area contributed by atoms with Gasteiger partial charge in [0.25, 0.3) is 5.91 Å². The van der Waals surface area contributed by atoms with E-state index in [1.54, 1.807) is 39.5 Å². The maximum atomic E-state index is 14.0. The van der Waals surface area contributed by atoms with E-state index in [1.165, 1.54) is 18.2 Å². The van der Waals surface area contributed by atoms with Gasteiger partial charge in [-0.2, -0.15) is 4.31 Å². The minimum Gasteiger partial charge on any atom is -0.366 e. The second-order valence-electron chi connectivity index (χ2n) is 9.02. The van der Waals surface area contributed by atoms with Crippen LogP contribution in [0.3, 0.4) is 0 Å². The lowest BCUT2D eigenvalue weighted by Gasteiger charge is -2.36. The van der Waals surface area contributed by atoms with Gasteiger partial charge < -0.3 is 9.80 Å². The predicted molar refractivity (Wildman–Crippen MR) is 123 cm³/mol. The fourth-order valence-corrected chi connectivity index (χ4v) is 6.44. The average molecular weight is 460 g/mol. The molecule has 2 atom stereocenters. The second-order valence-corrected chi connectivity index (χ2v) is 11.0. The Morgan fingerprint density at radius 3 is 2.09 bits per heavy atom. The molecule has 8 heteroatoms. The summed E-state index contributed by atoms with van der Waals surface area (Å²) in [4.78, 5) is 16.8. The highest BCUT2D eigenvalue weighted by atomic mass is 32.2. The maximum absolute atomic E-state index is 14.0. The van der Waals surface area contributed by atoms with E-state index in [0.29, 0.717) is 62.4 Å². The molecule has 1 amide bonds. The zero-order valence-corrected chi connectivity index (χ0v) is 19.4. The van der Waals surface area contributed by atoms with Crippen LogP contribution in [-0.4, -0.2) is 62.8 Å². The van der Waals surface area contributed by atoms with Crippen molar-refractivity contribution in [3.8, 4) is 0 Å². The van der Waals surface area contributed by atoms with E-state index < -0.39 is 10.0 Å². The summed E-state index contributed by atoms with van der Waals surface area (Å²) in [5.41, 5.74) is 1.01. The van der Waals surface area contributed by atoms with Gasteiger partial charge in [0.05, 0.1) is 10.6 Å². The number of rotatable bonds is 4. The number of hydrogen-bond donors (Lipinski definition) is 0. The van der Waals surface area contributed by atoms with Crippen molar-refractivity contribution in [2.24, 2.45) is 11.8 Å². The average Bonchev–Trinajstić information content (AvgIpc) is 2.78. The van der Waals surface area contributed by atoms with Crippen molar-refractivity contribution in [3.63, 3.8) is 0 Å². The summed E-state index contributed by atoms with van der Waals surface area (Å²) < 4.78 is 41.7. The second kappa shape index (κ2) is 9.19. The molecule has 2 aromatic carbocycles. The van der Waals surface area contributed by atoms with Gasteiger partial charge >= 0.3 is 0 Å². The molecule has 0 N–H and O–H groups in total. The van der Waals surface area contributed by atoms with Gasteiger partial charge in [-0.3, -0.25) is 4.79 Å². The number of para-hydroxylation sites is 1. The number of piperidine rings is 1. The van der Waals surface area contributed by atoms with Crippen molar-refractivity contribution in [2.75, 3.05) is 44.2 Å². The predicted octanol–water partition coefficient (Wildman–Crippen LogP) is 3.45. The Balaban J connectivity index is 1.41. The fourth-order valence-electron chi connectivity index (χ4n) is 4.76. The minimum absolute atomic E-state index is 0.137. The molecule has 2 aromatic rings. The largest absolute Gasteiger partial charge is 0.366 e. The number of piperazine rings is 1. The molecule has 0 bridgehead atoms. The number of halogens is 1. The lowest BCUT2D eigenvalue weighted by atomic mass is 9.94. The number of hydrogen-bond acceptors (Lipinski definition) is 4. The standard InChI is InChI=1S/C24H30FN3O3S/c1-18-15-19(2)17-28(16-18)32(30,31)21-9-7-20(8-10-21)24(29)27-13-11-26(12-14-27)23-6-4-3-5-22(23)25/h3-10,18-19H,11-17H2,1-2H3. The molecule has 0 saturated carbocycles. The van der Waals surface area contributed by atoms with Gasteiger partial charge in [0.15, 0.2) is 0 Å². The Morgan fingerprint density at radius 2 is 1.50 bits per heavy atom. The molecule has 172 valence electrons. The van der Waals surface area contributed by atoms with E-state index in [1.807, 2.05) is 4.90 Å². The normalized spacial score (nSPS) is 22.7. The summed E-state index contributed by atoms with van der Waals surface area (Å²) >= 11 is 0. The first kappa shape index (κ1) is 22.7. The summed E-state index contributed by atoms with van der Waals surface area (Å²) in [5.74, 6) is 0.263. The molecule has 2 unspecified atom stereocenters. The number of anilines is 1. The SMILES string of the molecule is CC1CC(C)CN(S(=O)(=O)c2ccc(C(=O)N3CCN(c4ccccc4F)CC3)cc2)C1. The molecule has 6 nitrogen and oxygen atoms in total. The van der Waals surface area contributed by atoms with Crippen molar-refractivity contribution in [1.29, 1.82) is 0 Å². The van der Waals surface area contributed by atoms with Gasteiger partial charge in [0.2, 0.25) is 10.0 Å². The molecular weight excluding hydrogens is 429 g/mol. The third kappa shape index (κ3) is 4.66. The Bertz CT molecular complexity index is 1060. The highest BCUT2D eigenvalue weighted by Crippen LogP contribution is 2.27. The summed E-state index contributed by atoms with van der Waals surface area (Å²) in [6.45, 7) is 7.26. The van der Waals surface area contributed by atoms with Crippen molar-refractivity contribution in [2.45, 2.75) is 25.2 Å². The van der Waals surface area contributed by atoms with Crippen LogP contribution in [0.15, 0.2) is 53.4 Å². The van der Waals surface area contributed by atoms with Gasteiger partial charge in [-0.15, -0.1) is 0 Å². The molecule has 2 heterocycles. The van der Waals surface area contributed by atoms with Crippen LogP contribution in [0.25, 0.3) is 0 Å². The van der Waals surface area contributed by atoms with Gasteiger partial charge in [-0.05, 0) is 54.7 Å². The first-order valence-electron chi connectivity index (χ1n) is 11.1. The van der Waals surface area contributed by atoms with Crippen LogP contribution in [0, 0.1) is 17.7 Å². The molecule has 2 aliphatic heterocycles. The first-order chi connectivity index (χ1) is 15.3. The van der Waals surface area contributed by atoms with Crippen LogP contribution in [0.1, 0.15) is 30.6 Å². The number of amides is 1. The molecule has 0 aromatic heterocycles. The molecule has 2 aliphatic rings. The molecular formula is C24H30FN3O3S. The molecule has 2 saturated heterocycles. The lowest BCUT2D eigenvalue weighted by molar-refractivity contribution is 0.0746. The number of sulfonamides is 1. The van der Waals surface area contributed by atoms with Crippen LogP contribution in [-0.2, 0) is 10.0 Å². The molecule has 0 aliphatic carbocycles. The summed E-state index contributed by atoms with van der Waals surface area (Å²) in [7, 11) is -3.57. The van der Waals surface area contributed by atoms with E-state index in [2.05, 4.69) is 13.8 Å². The van der Waals surface area contributed by atoms with Crippen LogP contribution in [0.4, 0.5) is 10.1 Å². The molecule has 4 rings (SSSR count). The van der Waals surface area contributed by atoms with Gasteiger partial charge in [-0.1, -0.05) is 26.0 Å². The van der Waals surface area contributed by atoms with Crippen molar-refractivity contribution in [3.05, 3.63) is 59.9 Å². The smallest absolute Gasteiger partial charge is 0.253 e. The third-order valence-corrected chi connectivity index (χ3v) is 8.18. The molecule has 2 fully saturated rings. The molecule has 32 heavy (non-hydrogen) atoms. The van der Waals surface area contributed by atoms with Crippen molar-refractivity contribution in [1.82, 2.24) is 9.21 Å². The Labute approximate surface area is 189 Å². The maximum Gasteiger partial charge on any atom is 0.253 e. The summed E-state index contributed by atoms with van der Waals surface area (Å²) in [5, 5.41) is 0. The first-order valence-corrected chi connectivity index (χ1v) is 12.6. The molecule has 0 spiro atoms. The summed E-state index contributed by atoms with van der Waals surface area (Å²) in [6, 6.07) is 12.9. The van der Waals surface area contributed by atoms with E-state index in [4.69, 9.17) is 0 Å². The van der Waals surface area contributed by atoms with E-state index in [-0.39, 0.29) is 16.6 Å². The van der Waals surface area contributed by atoms with Crippen molar-refractivity contribution >= 4 is 21.6 Å². The Hall–Kier alpha value is -2.45. The zero-order valence-electron chi connectivity index (χ0n) is 18.6. The van der Waals surface area contributed by atoms with Crippen molar-refractivity contribution < 1.29 is 17.6 Å². The molecule has 0 radical (unpaired) electrons. The third-order valence-electron chi connectivity index (χ3n) is 6.33. The number of carbonyl (C=O) groups excluding carboxylic acids is 1. The van der Waals surface area contributed by atoms with Gasteiger partial charge in [0.1, 0.15) is 5.82 Å². The summed E-state index contributed by atoms with van der Waals surface area (Å²) in [6.07, 6.45) is 1.03. The highest BCUT2D eigenvalue weighted by Gasteiger charge is 2.32. The topological polar surface area (TPSA) is 60.9 Å². The monoisotopic (exact) mass is 459 g/mol. The zero-order chi connectivity index (χ0) is 22.9. The van der Waals surface area contributed by atoms with Gasteiger partial charge in [0, 0.05) is 44.8 Å². The number of benzene rings is 2. The highest BCUT2D eigenvalue weighted by molar-refractivity contribution is 7.89. The van der Waals surface area contributed by atoms with E-state index >= 15 is 0 Å². The minimum atomic E-state index is -3.57. The van der Waals surface area contributed by atoms with Crippen LogP contribution >= 0.6 is 0 Å². The quantitative estimate of drug-likeness (QED) is 0.703. The Kier molecular flexibility index (Phi) is 6.53. The van der Waals surface area contributed by atoms with Gasteiger partial charge in [-0.25, -0.2) is 12.8 Å². The van der Waals surface area contributed by atoms with E-state index in [9.17, 15) is 17.6 Å². The lowest BCUT2D eigenvalue weighted by Crippen LogP contribution is -2.49. The number of carbonyl (C=O) groups is 1. The van der Waals surface area contributed by atoms with E-state index in [0.717, 1.165) is 6.42 Å². The van der Waals surface area contributed by atoms with Crippen LogP contribution in [0.2, 0.25) is 0 Å². The van der Waals surface area contributed by atoms with Crippen LogP contribution in [0.5, 0.6) is 0 Å². The fraction of sp³-hybridized carbons (Fsp3) is 0.458. The Morgan fingerprint density at radius 1 is 0.906 bits per heavy atom.